The van der Waals surface area contributed by atoms with Gasteiger partial charge in [0.15, 0.2) is 0 Å². The molecule has 0 aromatic heterocycles. The molecule has 0 atom stereocenters. The van der Waals surface area contributed by atoms with E-state index in [1.807, 2.05) is 30.3 Å². The Balaban J connectivity index is 1.62. The average Bonchev–Trinajstić information content (AvgIpc) is 3.07. The van der Waals surface area contributed by atoms with Gasteiger partial charge in [0, 0.05) is 19.3 Å². The molecule has 0 saturated carbocycles. The summed E-state index contributed by atoms with van der Waals surface area (Å²) in [5.41, 5.74) is 1.38. The van der Waals surface area contributed by atoms with Crippen molar-refractivity contribution in [3.63, 3.8) is 0 Å². The normalized spacial score (nSPS) is 14.5. The van der Waals surface area contributed by atoms with E-state index in [9.17, 15) is 18.0 Å². The average molecular weight is 420 g/mol. The maximum Gasteiger partial charge on any atom is 0.244 e. The number of carbonyl (C=O) groups is 2. The number of thioether (sulfide) groups is 1. The fraction of sp³-hybridized carbons (Fsp3) is 0.263. The summed E-state index contributed by atoms with van der Waals surface area (Å²) < 4.78 is 26.7. The van der Waals surface area contributed by atoms with Crippen LogP contribution in [-0.4, -0.2) is 54.7 Å². The molecule has 148 valence electrons. The fourth-order valence-corrected chi connectivity index (χ4v) is 4.79. The van der Waals surface area contributed by atoms with E-state index < -0.39 is 10.0 Å². The van der Waals surface area contributed by atoms with Gasteiger partial charge in [0.1, 0.15) is 6.54 Å². The predicted molar refractivity (Wildman–Crippen MR) is 109 cm³/mol. The van der Waals surface area contributed by atoms with Crippen LogP contribution < -0.4 is 5.32 Å². The summed E-state index contributed by atoms with van der Waals surface area (Å²) in [6, 6.07) is 15.4. The standard InChI is InChI=1S/C19H21N3O4S2/c1-21(11-15-5-3-2-4-6-15)28(25,26)17-9-7-16(8-10-17)20-18(23)12-22-14-27-13-19(22)24/h2-10H,11-14H2,1H3,(H,20,23). The minimum Gasteiger partial charge on any atom is -0.325 e. The van der Waals surface area contributed by atoms with Crippen LogP contribution in [0.5, 0.6) is 0 Å². The monoisotopic (exact) mass is 419 g/mol. The van der Waals surface area contributed by atoms with Crippen LogP contribution in [0.2, 0.25) is 0 Å². The van der Waals surface area contributed by atoms with Crippen molar-refractivity contribution < 1.29 is 18.0 Å². The van der Waals surface area contributed by atoms with Crippen molar-refractivity contribution in [2.24, 2.45) is 0 Å². The Labute approximate surface area is 168 Å². The zero-order chi connectivity index (χ0) is 20.1. The summed E-state index contributed by atoms with van der Waals surface area (Å²) in [7, 11) is -2.11. The minimum absolute atomic E-state index is 0.00824. The molecule has 2 aromatic rings. The number of rotatable bonds is 7. The summed E-state index contributed by atoms with van der Waals surface area (Å²) >= 11 is 1.47. The molecule has 1 N–H and O–H groups in total. The first-order chi connectivity index (χ1) is 13.4. The molecule has 1 aliphatic rings. The highest BCUT2D eigenvalue weighted by molar-refractivity contribution is 8.00. The second-order valence-corrected chi connectivity index (χ2v) is 9.39. The van der Waals surface area contributed by atoms with E-state index >= 15 is 0 Å². The number of nitrogens with zero attached hydrogens (tertiary/aromatic N) is 2. The van der Waals surface area contributed by atoms with Gasteiger partial charge in [0.2, 0.25) is 21.8 Å². The topological polar surface area (TPSA) is 86.8 Å². The molecule has 1 aliphatic heterocycles. The van der Waals surface area contributed by atoms with Crippen LogP contribution in [0.25, 0.3) is 0 Å². The van der Waals surface area contributed by atoms with Crippen molar-refractivity contribution in [3.8, 4) is 0 Å². The van der Waals surface area contributed by atoms with E-state index in [0.29, 0.717) is 17.3 Å². The van der Waals surface area contributed by atoms with Crippen LogP contribution in [0, 0.1) is 0 Å². The molecule has 0 spiro atoms. The quantitative estimate of drug-likeness (QED) is 0.742. The van der Waals surface area contributed by atoms with E-state index in [2.05, 4.69) is 5.32 Å². The largest absolute Gasteiger partial charge is 0.325 e. The number of nitrogens with one attached hydrogen (secondary N) is 1. The number of hydrogen-bond acceptors (Lipinski definition) is 5. The summed E-state index contributed by atoms with van der Waals surface area (Å²) in [5, 5.41) is 2.69. The number of amides is 2. The first kappa shape index (κ1) is 20.4. The third-order valence-electron chi connectivity index (χ3n) is 4.25. The Morgan fingerprint density at radius 3 is 2.43 bits per heavy atom. The van der Waals surface area contributed by atoms with E-state index in [-0.39, 0.29) is 29.8 Å². The number of benzene rings is 2. The van der Waals surface area contributed by atoms with Gasteiger partial charge < -0.3 is 10.2 Å². The molecule has 2 aromatic carbocycles. The summed E-state index contributed by atoms with van der Waals surface area (Å²) in [6.45, 7) is 0.259. The maximum absolute atomic E-state index is 12.7. The zero-order valence-corrected chi connectivity index (χ0v) is 17.0. The second kappa shape index (κ2) is 8.76. The lowest BCUT2D eigenvalue weighted by Crippen LogP contribution is -2.34. The fourth-order valence-electron chi connectivity index (χ4n) is 2.73. The van der Waals surface area contributed by atoms with Crippen LogP contribution in [0.1, 0.15) is 5.56 Å². The molecule has 28 heavy (non-hydrogen) atoms. The van der Waals surface area contributed by atoms with Gasteiger partial charge in [-0.2, -0.15) is 4.31 Å². The smallest absolute Gasteiger partial charge is 0.244 e. The molecule has 9 heteroatoms. The summed E-state index contributed by atoms with van der Waals surface area (Å²) in [4.78, 5) is 25.3. The van der Waals surface area contributed by atoms with Gasteiger partial charge in [-0.1, -0.05) is 30.3 Å². The molecule has 7 nitrogen and oxygen atoms in total. The van der Waals surface area contributed by atoms with E-state index in [1.54, 1.807) is 12.1 Å². The minimum atomic E-state index is -3.64. The van der Waals surface area contributed by atoms with Crippen LogP contribution >= 0.6 is 11.8 Å². The van der Waals surface area contributed by atoms with E-state index in [4.69, 9.17) is 0 Å². The highest BCUT2D eigenvalue weighted by atomic mass is 32.2. The van der Waals surface area contributed by atoms with Crippen molar-refractivity contribution in [3.05, 3.63) is 60.2 Å². The first-order valence-corrected chi connectivity index (χ1v) is 11.2. The Bertz CT molecular complexity index is 947. The van der Waals surface area contributed by atoms with Gasteiger partial charge in [-0.25, -0.2) is 8.42 Å². The van der Waals surface area contributed by atoms with Gasteiger partial charge in [0.25, 0.3) is 0 Å². The van der Waals surface area contributed by atoms with E-state index in [0.717, 1.165) is 5.56 Å². The number of carbonyl (C=O) groups excluding carboxylic acids is 2. The number of sulfonamides is 1. The lowest BCUT2D eigenvalue weighted by molar-refractivity contribution is -0.130. The highest BCUT2D eigenvalue weighted by Crippen LogP contribution is 2.20. The molecule has 1 heterocycles. The summed E-state index contributed by atoms with van der Waals surface area (Å²) in [6.07, 6.45) is 0. The third-order valence-corrected chi connectivity index (χ3v) is 7.02. The summed E-state index contributed by atoms with van der Waals surface area (Å²) in [5.74, 6) is 0.545. The lowest BCUT2D eigenvalue weighted by Gasteiger charge is -2.18. The van der Waals surface area contributed by atoms with Gasteiger partial charge in [-0.05, 0) is 29.8 Å². The molecule has 3 rings (SSSR count). The zero-order valence-electron chi connectivity index (χ0n) is 15.4. The highest BCUT2D eigenvalue weighted by Gasteiger charge is 2.23. The molecule has 0 aliphatic carbocycles. The van der Waals surface area contributed by atoms with Crippen molar-refractivity contribution in [2.45, 2.75) is 11.4 Å². The lowest BCUT2D eigenvalue weighted by atomic mass is 10.2. The second-order valence-electron chi connectivity index (χ2n) is 6.39. The first-order valence-electron chi connectivity index (χ1n) is 8.62. The van der Waals surface area contributed by atoms with Crippen LogP contribution in [0.3, 0.4) is 0 Å². The third kappa shape index (κ3) is 4.92. The van der Waals surface area contributed by atoms with Crippen molar-refractivity contribution >= 4 is 39.3 Å². The van der Waals surface area contributed by atoms with Gasteiger partial charge in [-0.15, -0.1) is 11.8 Å². The molecule has 0 bridgehead atoms. The van der Waals surface area contributed by atoms with Crippen molar-refractivity contribution in [1.82, 2.24) is 9.21 Å². The number of anilines is 1. The Hall–Kier alpha value is -2.36. The van der Waals surface area contributed by atoms with Gasteiger partial charge >= 0.3 is 0 Å². The van der Waals surface area contributed by atoms with Crippen molar-refractivity contribution in [1.29, 1.82) is 0 Å². The van der Waals surface area contributed by atoms with Crippen molar-refractivity contribution in [2.75, 3.05) is 30.5 Å². The Morgan fingerprint density at radius 1 is 1.14 bits per heavy atom. The Kier molecular flexibility index (Phi) is 6.38. The molecule has 0 unspecified atom stereocenters. The molecule has 2 amide bonds. The molecule has 1 fully saturated rings. The molecular weight excluding hydrogens is 398 g/mol. The molecule has 1 saturated heterocycles. The Morgan fingerprint density at radius 2 is 1.82 bits per heavy atom. The van der Waals surface area contributed by atoms with Crippen LogP contribution in [0.15, 0.2) is 59.5 Å². The molecular formula is C19H21N3O4S2. The van der Waals surface area contributed by atoms with Gasteiger partial charge in [-0.3, -0.25) is 9.59 Å². The van der Waals surface area contributed by atoms with Crippen LogP contribution in [-0.2, 0) is 26.2 Å². The van der Waals surface area contributed by atoms with Crippen LogP contribution in [0.4, 0.5) is 5.69 Å². The number of hydrogen-bond donors (Lipinski definition) is 1. The van der Waals surface area contributed by atoms with Gasteiger partial charge in [0.05, 0.1) is 16.5 Å². The molecule has 0 radical (unpaired) electrons. The maximum atomic E-state index is 12.7. The predicted octanol–water partition coefficient (Wildman–Crippen LogP) is 1.98. The SMILES string of the molecule is CN(Cc1ccccc1)S(=O)(=O)c1ccc(NC(=O)CN2CSCC2=O)cc1. The van der Waals surface area contributed by atoms with E-state index in [1.165, 1.54) is 40.1 Å².